The molecular weight excluding hydrogens is 797 g/mol. The first-order valence-corrected chi connectivity index (χ1v) is 21.9. The molecule has 302 valence electrons. The van der Waals surface area contributed by atoms with Crippen molar-refractivity contribution in [2.75, 3.05) is 0 Å². The lowest BCUT2D eigenvalue weighted by atomic mass is 9.82. The van der Waals surface area contributed by atoms with Crippen molar-refractivity contribution >= 4 is 92.7 Å². The average Bonchev–Trinajstić information content (AvgIpc) is 4.02. The van der Waals surface area contributed by atoms with Gasteiger partial charge in [-0.15, -0.1) is 0 Å². The average molecular weight is 831 g/mol. The fraction of sp³-hybridized carbons (Fsp3) is 0.0508. The van der Waals surface area contributed by atoms with Crippen LogP contribution in [0, 0.1) is 6.57 Å². The van der Waals surface area contributed by atoms with Gasteiger partial charge >= 0.3 is 0 Å². The van der Waals surface area contributed by atoms with Gasteiger partial charge in [-0.25, -0.2) is 19.8 Å². The molecule has 0 atom stereocenters. The Bertz CT molecular complexity index is 4090. The minimum absolute atomic E-state index is 0.358. The first kappa shape index (κ1) is 35.9. The number of hydrogen-bond acceptors (Lipinski definition) is 5. The van der Waals surface area contributed by atoms with Crippen molar-refractivity contribution < 1.29 is 8.83 Å². The molecule has 1 aliphatic rings. The molecule has 14 rings (SSSR count). The largest absolute Gasteiger partial charge is 0.455 e. The van der Waals surface area contributed by atoms with Gasteiger partial charge in [-0.2, -0.15) is 0 Å². The highest BCUT2D eigenvalue weighted by Gasteiger charge is 2.36. The summed E-state index contributed by atoms with van der Waals surface area (Å²) in [5.41, 5.74) is 10.3. The van der Waals surface area contributed by atoms with Crippen molar-refractivity contribution in [3.63, 3.8) is 0 Å². The Kier molecular flexibility index (Phi) is 7.15. The topological polar surface area (TPSA) is 69.3 Å². The standard InChI is InChI=1S/C59H34N4O2/c1-59(2)46-30-36(20-24-42(46)43-25-23-37(60-3)31-47(43)59)56-61-57(44-28-34-14-6-10-18-40(34)52-50-38-16-8-4-12-32(38)21-26-48(50)64-54(44)52)63-58(62-56)45-29-35-15-7-11-19-41(35)53-51-39-17-9-5-13-33(39)22-27-49(51)65-55(45)53/h4-31H,1-2H3. The van der Waals surface area contributed by atoms with Crippen LogP contribution in [0.1, 0.15) is 25.0 Å². The molecule has 0 aliphatic heterocycles. The van der Waals surface area contributed by atoms with Gasteiger partial charge in [0.05, 0.1) is 17.7 Å². The van der Waals surface area contributed by atoms with Crippen molar-refractivity contribution in [2.24, 2.45) is 0 Å². The van der Waals surface area contributed by atoms with Crippen LogP contribution in [-0.4, -0.2) is 15.0 Å². The lowest BCUT2D eigenvalue weighted by Crippen LogP contribution is -2.15. The molecule has 6 nitrogen and oxygen atoms in total. The highest BCUT2D eigenvalue weighted by Crippen LogP contribution is 2.51. The third kappa shape index (κ3) is 5.01. The summed E-state index contributed by atoms with van der Waals surface area (Å²) in [6, 6.07) is 59.2. The summed E-state index contributed by atoms with van der Waals surface area (Å²) >= 11 is 0. The third-order valence-electron chi connectivity index (χ3n) is 13.9. The van der Waals surface area contributed by atoms with Gasteiger partial charge in [0.2, 0.25) is 0 Å². The quantitative estimate of drug-likeness (QED) is 0.166. The third-order valence-corrected chi connectivity index (χ3v) is 13.9. The maximum absolute atomic E-state index is 7.74. The van der Waals surface area contributed by atoms with Gasteiger partial charge < -0.3 is 8.83 Å². The second-order valence-electron chi connectivity index (χ2n) is 17.8. The number of rotatable bonds is 3. The van der Waals surface area contributed by atoms with E-state index in [-0.39, 0.29) is 5.41 Å². The van der Waals surface area contributed by atoms with Gasteiger partial charge in [0.25, 0.3) is 0 Å². The number of nitrogens with zero attached hydrogens (tertiary/aromatic N) is 4. The van der Waals surface area contributed by atoms with E-state index in [2.05, 4.69) is 176 Å². The van der Waals surface area contributed by atoms with E-state index in [0.717, 1.165) is 126 Å². The van der Waals surface area contributed by atoms with Crippen LogP contribution in [0.25, 0.3) is 137 Å². The van der Waals surface area contributed by atoms with Crippen LogP contribution in [0.5, 0.6) is 0 Å². The maximum Gasteiger partial charge on any atom is 0.187 e. The van der Waals surface area contributed by atoms with Crippen molar-refractivity contribution in [1.29, 1.82) is 0 Å². The molecule has 0 bridgehead atoms. The molecule has 0 spiro atoms. The molecule has 1 aliphatic carbocycles. The zero-order valence-corrected chi connectivity index (χ0v) is 35.3. The van der Waals surface area contributed by atoms with Gasteiger partial charge in [-0.1, -0.05) is 153 Å². The number of benzene rings is 10. The van der Waals surface area contributed by atoms with Crippen molar-refractivity contribution in [3.8, 4) is 45.3 Å². The number of hydrogen-bond donors (Lipinski definition) is 0. The number of aromatic nitrogens is 3. The summed E-state index contributed by atoms with van der Waals surface area (Å²) in [5, 5.41) is 13.1. The smallest absolute Gasteiger partial charge is 0.187 e. The molecule has 0 amide bonds. The highest BCUT2D eigenvalue weighted by atomic mass is 16.3. The molecule has 0 unspecified atom stereocenters. The van der Waals surface area contributed by atoms with Crippen LogP contribution in [0.2, 0.25) is 0 Å². The molecular formula is C59H34N4O2. The summed E-state index contributed by atoms with van der Waals surface area (Å²) in [5.74, 6) is 1.53. The van der Waals surface area contributed by atoms with Crippen LogP contribution < -0.4 is 0 Å². The molecule has 10 aromatic carbocycles. The molecule has 0 saturated heterocycles. The van der Waals surface area contributed by atoms with E-state index in [1.165, 1.54) is 0 Å². The Labute approximate surface area is 371 Å². The second kappa shape index (κ2) is 12.9. The Hall–Kier alpha value is -8.66. The molecule has 0 N–H and O–H groups in total. The fourth-order valence-corrected chi connectivity index (χ4v) is 10.8. The van der Waals surface area contributed by atoms with Gasteiger partial charge in [0.15, 0.2) is 23.2 Å². The molecule has 3 aromatic heterocycles. The van der Waals surface area contributed by atoms with E-state index in [4.69, 9.17) is 30.4 Å². The van der Waals surface area contributed by atoms with Crippen molar-refractivity contribution in [1.82, 2.24) is 15.0 Å². The minimum Gasteiger partial charge on any atom is -0.455 e. The second-order valence-corrected chi connectivity index (χ2v) is 17.8. The van der Waals surface area contributed by atoms with Crippen LogP contribution in [0.4, 0.5) is 5.69 Å². The van der Waals surface area contributed by atoms with Gasteiger partial charge in [-0.05, 0) is 95.7 Å². The van der Waals surface area contributed by atoms with Gasteiger partial charge in [0, 0.05) is 32.5 Å². The van der Waals surface area contributed by atoms with Gasteiger partial charge in [-0.3, -0.25) is 0 Å². The fourth-order valence-electron chi connectivity index (χ4n) is 10.8. The lowest BCUT2D eigenvalue weighted by Gasteiger charge is -2.22. The lowest BCUT2D eigenvalue weighted by molar-refractivity contribution is 0.661. The molecule has 65 heavy (non-hydrogen) atoms. The number of fused-ring (bicyclic) bond motifs is 17. The molecule has 3 heterocycles. The van der Waals surface area contributed by atoms with E-state index in [1.807, 2.05) is 12.1 Å². The monoisotopic (exact) mass is 830 g/mol. The normalized spacial score (nSPS) is 13.2. The summed E-state index contributed by atoms with van der Waals surface area (Å²) in [7, 11) is 0. The zero-order chi connectivity index (χ0) is 43.1. The van der Waals surface area contributed by atoms with E-state index >= 15 is 0 Å². The first-order chi connectivity index (χ1) is 31.9. The number of furan rings is 2. The van der Waals surface area contributed by atoms with Crippen LogP contribution >= 0.6 is 0 Å². The Morgan fingerprint density at radius 2 is 0.862 bits per heavy atom. The maximum atomic E-state index is 7.74. The van der Waals surface area contributed by atoms with Crippen LogP contribution in [0.15, 0.2) is 179 Å². The molecule has 0 saturated carbocycles. The zero-order valence-electron chi connectivity index (χ0n) is 35.3. The summed E-state index contributed by atoms with van der Waals surface area (Å²) in [6.45, 7) is 12.2. The minimum atomic E-state index is -0.358. The van der Waals surface area contributed by atoms with E-state index in [1.54, 1.807) is 0 Å². The van der Waals surface area contributed by atoms with E-state index in [9.17, 15) is 0 Å². The van der Waals surface area contributed by atoms with Crippen LogP contribution in [0.3, 0.4) is 0 Å². The van der Waals surface area contributed by atoms with Crippen molar-refractivity contribution in [3.05, 3.63) is 192 Å². The molecule has 13 aromatic rings. The summed E-state index contributed by atoms with van der Waals surface area (Å²) in [6.07, 6.45) is 0. The Morgan fingerprint density at radius 3 is 1.38 bits per heavy atom. The molecule has 6 heteroatoms. The SMILES string of the molecule is [C-]#[N+]c1ccc2c(c1)C(C)(C)c1cc(-c3nc(-c4cc5ccccc5c5c4oc4ccc6ccccc6c45)nc(-c4cc5ccccc5c5c4oc4ccc6ccccc6c45)n3)ccc1-2. The van der Waals surface area contributed by atoms with E-state index < -0.39 is 0 Å². The van der Waals surface area contributed by atoms with Gasteiger partial charge in [0.1, 0.15) is 22.3 Å². The highest BCUT2D eigenvalue weighted by molar-refractivity contribution is 6.30. The van der Waals surface area contributed by atoms with E-state index in [0.29, 0.717) is 23.2 Å². The molecule has 0 radical (unpaired) electrons. The summed E-state index contributed by atoms with van der Waals surface area (Å²) < 4.78 is 13.9. The van der Waals surface area contributed by atoms with Crippen LogP contribution in [-0.2, 0) is 5.41 Å². The predicted molar refractivity (Wildman–Crippen MR) is 265 cm³/mol. The predicted octanol–water partition coefficient (Wildman–Crippen LogP) is 16.1. The summed E-state index contributed by atoms with van der Waals surface area (Å²) in [4.78, 5) is 20.0. The Morgan fingerprint density at radius 1 is 0.415 bits per heavy atom. The first-order valence-electron chi connectivity index (χ1n) is 21.9. The van der Waals surface area contributed by atoms with Crippen molar-refractivity contribution in [2.45, 2.75) is 19.3 Å². The molecule has 0 fully saturated rings. The Balaban J connectivity index is 1.09.